The van der Waals surface area contributed by atoms with E-state index < -0.39 is 0 Å². The summed E-state index contributed by atoms with van der Waals surface area (Å²) < 4.78 is 0. The Labute approximate surface area is 120 Å². The Hall–Kier alpha value is -0.410. The summed E-state index contributed by atoms with van der Waals surface area (Å²) in [5.41, 5.74) is 7.87. The Morgan fingerprint density at radius 3 is 2.58 bits per heavy atom. The average Bonchev–Trinajstić information content (AvgIpc) is 3.10. The molecule has 2 nitrogen and oxygen atoms in total. The van der Waals surface area contributed by atoms with Crippen molar-refractivity contribution in [3.8, 4) is 0 Å². The van der Waals surface area contributed by atoms with Crippen molar-refractivity contribution >= 4 is 11.3 Å². The van der Waals surface area contributed by atoms with Gasteiger partial charge in [-0.15, -0.1) is 11.3 Å². The van der Waals surface area contributed by atoms with E-state index in [1.54, 1.807) is 0 Å². The minimum atomic E-state index is -0.118. The normalized spacial score (nSPS) is 32.8. The highest BCUT2D eigenvalue weighted by atomic mass is 32.1. The molecule has 0 aliphatic heterocycles. The Kier molecular flexibility index (Phi) is 3.95. The first-order chi connectivity index (χ1) is 9.21. The minimum absolute atomic E-state index is 0.118. The van der Waals surface area contributed by atoms with Crippen LogP contribution >= 0.6 is 11.3 Å². The van der Waals surface area contributed by atoms with Crippen molar-refractivity contribution in [1.82, 2.24) is 4.98 Å². The van der Waals surface area contributed by atoms with Crippen molar-refractivity contribution in [2.75, 3.05) is 0 Å². The van der Waals surface area contributed by atoms with Gasteiger partial charge in [-0.25, -0.2) is 4.98 Å². The van der Waals surface area contributed by atoms with Gasteiger partial charge >= 0.3 is 0 Å². The van der Waals surface area contributed by atoms with Crippen molar-refractivity contribution in [3.63, 3.8) is 0 Å². The van der Waals surface area contributed by atoms with Gasteiger partial charge in [-0.3, -0.25) is 0 Å². The average molecular weight is 278 g/mol. The molecule has 2 aliphatic carbocycles. The molecule has 0 saturated heterocycles. The second kappa shape index (κ2) is 5.53. The highest BCUT2D eigenvalue weighted by molar-refractivity contribution is 7.09. The predicted molar refractivity (Wildman–Crippen MR) is 81.4 cm³/mol. The summed E-state index contributed by atoms with van der Waals surface area (Å²) in [7, 11) is 0. The molecule has 1 aromatic rings. The number of nitrogens with zero attached hydrogens (tertiary/aromatic N) is 1. The zero-order chi connectivity index (χ0) is 13.3. The molecular formula is C16H26N2S. The molecule has 1 aromatic heterocycles. The van der Waals surface area contributed by atoms with Gasteiger partial charge in [0.05, 0.1) is 11.2 Å². The zero-order valence-electron chi connectivity index (χ0n) is 12.0. The smallest absolute Gasteiger partial charge is 0.113 e. The van der Waals surface area contributed by atoms with Crippen LogP contribution in [0.15, 0.2) is 5.38 Å². The van der Waals surface area contributed by atoms with Crippen LogP contribution in [0.4, 0.5) is 0 Å². The molecule has 3 heteroatoms. The van der Waals surface area contributed by atoms with Crippen LogP contribution in [-0.2, 0) is 5.54 Å². The highest BCUT2D eigenvalue weighted by Crippen LogP contribution is 2.41. The Bertz CT molecular complexity index is 412. The SMILES string of the molecule is CCC1CCC(N)(c2nc(C3CCCC3)cs2)CC1. The number of hydrogen-bond acceptors (Lipinski definition) is 3. The Morgan fingerprint density at radius 2 is 1.95 bits per heavy atom. The molecule has 0 aromatic carbocycles. The van der Waals surface area contributed by atoms with E-state index in [9.17, 15) is 0 Å². The number of nitrogens with two attached hydrogens (primary N) is 1. The second-order valence-electron chi connectivity index (χ2n) is 6.57. The summed E-state index contributed by atoms with van der Waals surface area (Å²) in [6.07, 6.45) is 11.6. The number of aromatic nitrogens is 1. The van der Waals surface area contributed by atoms with Crippen LogP contribution in [0.3, 0.4) is 0 Å². The van der Waals surface area contributed by atoms with Crippen molar-refractivity contribution in [2.45, 2.75) is 76.2 Å². The molecule has 0 atom stereocenters. The maximum atomic E-state index is 6.66. The van der Waals surface area contributed by atoms with Crippen LogP contribution in [0.25, 0.3) is 0 Å². The lowest BCUT2D eigenvalue weighted by Crippen LogP contribution is -2.40. The van der Waals surface area contributed by atoms with Crippen molar-refractivity contribution < 1.29 is 0 Å². The maximum Gasteiger partial charge on any atom is 0.113 e. The van der Waals surface area contributed by atoms with Gasteiger partial charge < -0.3 is 5.73 Å². The predicted octanol–water partition coefficient (Wildman–Crippen LogP) is 4.55. The molecule has 19 heavy (non-hydrogen) atoms. The molecule has 2 N–H and O–H groups in total. The molecular weight excluding hydrogens is 252 g/mol. The Balaban J connectivity index is 1.71. The summed E-state index contributed by atoms with van der Waals surface area (Å²) in [6, 6.07) is 0. The van der Waals surface area contributed by atoms with Crippen LogP contribution in [0.1, 0.15) is 81.3 Å². The fraction of sp³-hybridized carbons (Fsp3) is 0.812. The first-order valence-electron chi connectivity index (χ1n) is 7.96. The van der Waals surface area contributed by atoms with Crippen LogP contribution in [-0.4, -0.2) is 4.98 Å². The molecule has 2 aliphatic rings. The summed E-state index contributed by atoms with van der Waals surface area (Å²) >= 11 is 1.81. The van der Waals surface area contributed by atoms with Crippen LogP contribution in [0, 0.1) is 5.92 Å². The van der Waals surface area contributed by atoms with E-state index in [4.69, 9.17) is 10.7 Å². The fourth-order valence-electron chi connectivity index (χ4n) is 3.74. The number of thiazole rings is 1. The molecule has 0 unspecified atom stereocenters. The quantitative estimate of drug-likeness (QED) is 0.880. The van der Waals surface area contributed by atoms with Gasteiger partial charge in [0, 0.05) is 11.3 Å². The van der Waals surface area contributed by atoms with Crippen LogP contribution < -0.4 is 5.73 Å². The molecule has 3 rings (SSSR count). The van der Waals surface area contributed by atoms with Gasteiger partial charge in [0.2, 0.25) is 0 Å². The van der Waals surface area contributed by atoms with E-state index in [1.807, 2.05) is 11.3 Å². The zero-order valence-corrected chi connectivity index (χ0v) is 12.8. The van der Waals surface area contributed by atoms with Gasteiger partial charge in [0.25, 0.3) is 0 Å². The van der Waals surface area contributed by atoms with E-state index in [2.05, 4.69) is 12.3 Å². The third kappa shape index (κ3) is 2.73. The molecule has 1 heterocycles. The van der Waals surface area contributed by atoms with E-state index in [0.717, 1.165) is 24.7 Å². The van der Waals surface area contributed by atoms with Crippen LogP contribution in [0.5, 0.6) is 0 Å². The third-order valence-electron chi connectivity index (χ3n) is 5.30. The molecule has 0 radical (unpaired) electrons. The van der Waals surface area contributed by atoms with Gasteiger partial charge in [0.15, 0.2) is 0 Å². The number of rotatable bonds is 3. The molecule has 0 amide bonds. The Morgan fingerprint density at radius 1 is 1.26 bits per heavy atom. The summed E-state index contributed by atoms with van der Waals surface area (Å²) in [5, 5.41) is 3.50. The lowest BCUT2D eigenvalue weighted by molar-refractivity contribution is 0.231. The topological polar surface area (TPSA) is 38.9 Å². The molecule has 2 saturated carbocycles. The van der Waals surface area contributed by atoms with Gasteiger partial charge in [0.1, 0.15) is 5.01 Å². The van der Waals surface area contributed by atoms with E-state index in [1.165, 1.54) is 55.6 Å². The van der Waals surface area contributed by atoms with Crippen molar-refractivity contribution in [3.05, 3.63) is 16.1 Å². The molecule has 106 valence electrons. The van der Waals surface area contributed by atoms with E-state index in [0.29, 0.717) is 0 Å². The highest BCUT2D eigenvalue weighted by Gasteiger charge is 2.35. The lowest BCUT2D eigenvalue weighted by atomic mass is 9.76. The fourth-order valence-corrected chi connectivity index (χ4v) is 4.81. The van der Waals surface area contributed by atoms with Gasteiger partial charge in [-0.05, 0) is 44.4 Å². The van der Waals surface area contributed by atoms with Crippen molar-refractivity contribution in [1.29, 1.82) is 0 Å². The summed E-state index contributed by atoms with van der Waals surface area (Å²) in [6.45, 7) is 2.30. The van der Waals surface area contributed by atoms with Crippen molar-refractivity contribution in [2.24, 2.45) is 11.7 Å². The largest absolute Gasteiger partial charge is 0.319 e. The van der Waals surface area contributed by atoms with Gasteiger partial charge in [-0.1, -0.05) is 26.2 Å². The lowest BCUT2D eigenvalue weighted by Gasteiger charge is -2.35. The van der Waals surface area contributed by atoms with Crippen LogP contribution in [0.2, 0.25) is 0 Å². The minimum Gasteiger partial charge on any atom is -0.319 e. The third-order valence-corrected chi connectivity index (χ3v) is 6.38. The van der Waals surface area contributed by atoms with E-state index >= 15 is 0 Å². The first-order valence-corrected chi connectivity index (χ1v) is 8.84. The molecule has 0 bridgehead atoms. The molecule has 2 fully saturated rings. The van der Waals surface area contributed by atoms with Gasteiger partial charge in [-0.2, -0.15) is 0 Å². The number of hydrogen-bond donors (Lipinski definition) is 1. The maximum absolute atomic E-state index is 6.66. The first kappa shape index (κ1) is 13.6. The van der Waals surface area contributed by atoms with E-state index in [-0.39, 0.29) is 5.54 Å². The summed E-state index contributed by atoms with van der Waals surface area (Å²) in [5.74, 6) is 1.62. The second-order valence-corrected chi connectivity index (χ2v) is 7.42. The summed E-state index contributed by atoms with van der Waals surface area (Å²) in [4.78, 5) is 4.93. The standard InChI is InChI=1S/C16H26N2S/c1-2-12-7-9-16(17,10-8-12)15-18-14(11-19-15)13-5-3-4-6-13/h11-13H,2-10,17H2,1H3. The monoisotopic (exact) mass is 278 g/mol. The molecule has 0 spiro atoms.